The van der Waals surface area contributed by atoms with Crippen molar-refractivity contribution < 1.29 is 14.3 Å². The molecule has 1 atom stereocenters. The summed E-state index contributed by atoms with van der Waals surface area (Å²) in [4.78, 5) is 35.5. The van der Waals surface area contributed by atoms with Crippen molar-refractivity contribution in [1.29, 1.82) is 0 Å². The lowest BCUT2D eigenvalue weighted by Gasteiger charge is -2.33. The SMILES string of the molecule is Cc1ccc(C(=O)O[C@@H](C)C(=O)N(c2nccs2)C2CCCCC2)cn1. The summed E-state index contributed by atoms with van der Waals surface area (Å²) < 4.78 is 5.41. The van der Waals surface area contributed by atoms with Crippen molar-refractivity contribution in [3.63, 3.8) is 0 Å². The van der Waals surface area contributed by atoms with Crippen LogP contribution in [0, 0.1) is 6.92 Å². The maximum absolute atomic E-state index is 13.1. The highest BCUT2D eigenvalue weighted by atomic mass is 32.1. The second-order valence-electron chi connectivity index (χ2n) is 6.55. The molecule has 2 aromatic heterocycles. The fourth-order valence-electron chi connectivity index (χ4n) is 3.17. The van der Waals surface area contributed by atoms with Crippen molar-refractivity contribution in [3.8, 4) is 0 Å². The first kappa shape index (κ1) is 18.5. The number of thiazole rings is 1. The maximum Gasteiger partial charge on any atom is 0.340 e. The van der Waals surface area contributed by atoms with Gasteiger partial charge in [0.25, 0.3) is 5.91 Å². The summed E-state index contributed by atoms with van der Waals surface area (Å²) in [5.41, 5.74) is 1.16. The summed E-state index contributed by atoms with van der Waals surface area (Å²) in [6, 6.07) is 3.51. The van der Waals surface area contributed by atoms with E-state index in [9.17, 15) is 9.59 Å². The van der Waals surface area contributed by atoms with Crippen LogP contribution in [0.3, 0.4) is 0 Å². The standard InChI is InChI=1S/C19H23N3O3S/c1-13-8-9-15(12-21-13)18(24)25-14(2)17(23)22(19-20-10-11-26-19)16-6-4-3-5-7-16/h8-12,14,16H,3-7H2,1-2H3/t14-/m0/s1. The molecule has 0 radical (unpaired) electrons. The van der Waals surface area contributed by atoms with Gasteiger partial charge in [-0.2, -0.15) is 0 Å². The van der Waals surface area contributed by atoms with E-state index in [0.717, 1.165) is 31.4 Å². The first-order valence-electron chi connectivity index (χ1n) is 8.92. The number of anilines is 1. The van der Waals surface area contributed by atoms with Gasteiger partial charge in [0.2, 0.25) is 0 Å². The van der Waals surface area contributed by atoms with Gasteiger partial charge >= 0.3 is 5.97 Å². The summed E-state index contributed by atoms with van der Waals surface area (Å²) in [6.45, 7) is 3.46. The zero-order valence-electron chi connectivity index (χ0n) is 15.1. The van der Waals surface area contributed by atoms with Crippen molar-refractivity contribution in [2.75, 3.05) is 4.90 Å². The van der Waals surface area contributed by atoms with Crippen molar-refractivity contribution in [1.82, 2.24) is 9.97 Å². The van der Waals surface area contributed by atoms with Gasteiger partial charge in [0.15, 0.2) is 11.2 Å². The van der Waals surface area contributed by atoms with Crippen LogP contribution < -0.4 is 4.90 Å². The number of esters is 1. The second-order valence-corrected chi connectivity index (χ2v) is 7.42. The Kier molecular flexibility index (Phi) is 5.98. The van der Waals surface area contributed by atoms with Crippen LogP contribution >= 0.6 is 11.3 Å². The minimum atomic E-state index is -0.880. The molecule has 0 aliphatic heterocycles. The summed E-state index contributed by atoms with van der Waals surface area (Å²) >= 11 is 1.43. The van der Waals surface area contributed by atoms with Gasteiger partial charge in [-0.05, 0) is 38.8 Å². The third-order valence-corrected chi connectivity index (χ3v) is 5.35. The van der Waals surface area contributed by atoms with Gasteiger partial charge in [-0.25, -0.2) is 9.78 Å². The number of ether oxygens (including phenoxy) is 1. The molecule has 1 saturated carbocycles. The van der Waals surface area contributed by atoms with E-state index in [1.54, 1.807) is 30.2 Å². The molecule has 1 aliphatic carbocycles. The lowest BCUT2D eigenvalue weighted by Crippen LogP contribution is -2.47. The Morgan fingerprint density at radius 3 is 2.62 bits per heavy atom. The quantitative estimate of drug-likeness (QED) is 0.746. The Morgan fingerprint density at radius 2 is 2.00 bits per heavy atom. The van der Waals surface area contributed by atoms with Crippen LogP contribution in [0.15, 0.2) is 29.9 Å². The molecule has 6 nitrogen and oxygen atoms in total. The summed E-state index contributed by atoms with van der Waals surface area (Å²) in [5, 5.41) is 2.52. The molecule has 1 amide bonds. The summed E-state index contributed by atoms with van der Waals surface area (Å²) in [5.74, 6) is -0.763. The highest BCUT2D eigenvalue weighted by molar-refractivity contribution is 7.13. The van der Waals surface area contributed by atoms with Crippen molar-refractivity contribution in [2.24, 2.45) is 0 Å². The molecule has 0 aromatic carbocycles. The molecule has 138 valence electrons. The molecule has 0 N–H and O–H groups in total. The number of pyridine rings is 1. The lowest BCUT2D eigenvalue weighted by molar-refractivity contribution is -0.127. The first-order chi connectivity index (χ1) is 12.6. The van der Waals surface area contributed by atoms with E-state index in [1.165, 1.54) is 24.0 Å². The number of hydrogen-bond donors (Lipinski definition) is 0. The van der Waals surface area contributed by atoms with Crippen LogP contribution in [0.2, 0.25) is 0 Å². The molecule has 2 aromatic rings. The van der Waals surface area contributed by atoms with E-state index >= 15 is 0 Å². The summed E-state index contributed by atoms with van der Waals surface area (Å²) in [7, 11) is 0. The van der Waals surface area contributed by atoms with Crippen LogP contribution in [0.25, 0.3) is 0 Å². The number of aromatic nitrogens is 2. The Labute approximate surface area is 157 Å². The summed E-state index contributed by atoms with van der Waals surface area (Å²) in [6.07, 6.45) is 7.58. The van der Waals surface area contributed by atoms with Crippen molar-refractivity contribution >= 4 is 28.3 Å². The highest BCUT2D eigenvalue weighted by Gasteiger charge is 2.33. The van der Waals surface area contributed by atoms with Gasteiger partial charge in [0.05, 0.1) is 5.56 Å². The van der Waals surface area contributed by atoms with E-state index in [1.807, 2.05) is 12.3 Å². The van der Waals surface area contributed by atoms with Gasteiger partial charge in [0.1, 0.15) is 0 Å². The van der Waals surface area contributed by atoms with Crippen LogP contribution in [0.4, 0.5) is 5.13 Å². The van der Waals surface area contributed by atoms with Gasteiger partial charge in [0, 0.05) is 29.5 Å². The fraction of sp³-hybridized carbons (Fsp3) is 0.474. The second kappa shape index (κ2) is 8.40. The molecule has 1 fully saturated rings. The predicted octanol–water partition coefficient (Wildman–Crippen LogP) is 3.76. The number of rotatable bonds is 5. The monoisotopic (exact) mass is 373 g/mol. The first-order valence-corrected chi connectivity index (χ1v) is 9.80. The average Bonchev–Trinajstić information content (AvgIpc) is 3.17. The molecule has 0 saturated heterocycles. The molecular formula is C19H23N3O3S. The normalized spacial score (nSPS) is 16.1. The Morgan fingerprint density at radius 1 is 1.23 bits per heavy atom. The van der Waals surface area contributed by atoms with E-state index < -0.39 is 12.1 Å². The number of hydrogen-bond acceptors (Lipinski definition) is 6. The molecule has 2 heterocycles. The minimum Gasteiger partial charge on any atom is -0.449 e. The Bertz CT molecular complexity index is 740. The van der Waals surface area contributed by atoms with Crippen LogP contribution in [0.1, 0.15) is 55.1 Å². The van der Waals surface area contributed by atoms with E-state index in [-0.39, 0.29) is 11.9 Å². The molecule has 7 heteroatoms. The average molecular weight is 373 g/mol. The lowest BCUT2D eigenvalue weighted by atomic mass is 9.94. The molecule has 3 rings (SSSR count). The van der Waals surface area contributed by atoms with Gasteiger partial charge in [-0.3, -0.25) is 14.7 Å². The smallest absolute Gasteiger partial charge is 0.340 e. The Hall–Kier alpha value is -2.28. The zero-order valence-corrected chi connectivity index (χ0v) is 15.9. The molecule has 0 unspecified atom stereocenters. The molecule has 0 spiro atoms. The number of carbonyl (C=O) groups excluding carboxylic acids is 2. The molecule has 0 bridgehead atoms. The van der Waals surface area contributed by atoms with Crippen molar-refractivity contribution in [3.05, 3.63) is 41.2 Å². The minimum absolute atomic E-state index is 0.115. The zero-order chi connectivity index (χ0) is 18.5. The number of amides is 1. The topological polar surface area (TPSA) is 72.4 Å². The molecular weight excluding hydrogens is 350 g/mol. The van der Waals surface area contributed by atoms with E-state index in [0.29, 0.717) is 10.7 Å². The van der Waals surface area contributed by atoms with Crippen LogP contribution in [-0.2, 0) is 9.53 Å². The van der Waals surface area contributed by atoms with Gasteiger partial charge in [-0.1, -0.05) is 19.3 Å². The Balaban J connectivity index is 1.73. The molecule has 1 aliphatic rings. The predicted molar refractivity (Wildman–Crippen MR) is 100 cm³/mol. The maximum atomic E-state index is 13.1. The number of carbonyl (C=O) groups is 2. The third kappa shape index (κ3) is 4.27. The fourth-order valence-corrected chi connectivity index (χ4v) is 3.89. The van der Waals surface area contributed by atoms with Crippen LogP contribution in [-0.4, -0.2) is 34.0 Å². The van der Waals surface area contributed by atoms with Crippen molar-refractivity contribution in [2.45, 2.75) is 58.1 Å². The highest BCUT2D eigenvalue weighted by Crippen LogP contribution is 2.29. The number of nitrogens with zero attached hydrogens (tertiary/aromatic N) is 3. The van der Waals surface area contributed by atoms with E-state index in [4.69, 9.17) is 4.74 Å². The van der Waals surface area contributed by atoms with Gasteiger partial charge < -0.3 is 4.74 Å². The largest absolute Gasteiger partial charge is 0.449 e. The molecule has 26 heavy (non-hydrogen) atoms. The number of aryl methyl sites for hydroxylation is 1. The third-order valence-electron chi connectivity index (χ3n) is 4.58. The van der Waals surface area contributed by atoms with Crippen LogP contribution in [0.5, 0.6) is 0 Å². The van der Waals surface area contributed by atoms with Gasteiger partial charge in [-0.15, -0.1) is 11.3 Å². The van der Waals surface area contributed by atoms with E-state index in [2.05, 4.69) is 9.97 Å².